The van der Waals surface area contributed by atoms with Gasteiger partial charge in [-0.3, -0.25) is 25.5 Å². The van der Waals surface area contributed by atoms with E-state index in [0.717, 1.165) is 31.7 Å². The minimum absolute atomic E-state index is 0.0346. The van der Waals surface area contributed by atoms with Crippen molar-refractivity contribution in [2.45, 2.75) is 45.6 Å². The highest BCUT2D eigenvalue weighted by molar-refractivity contribution is 5.84. The number of nitrogens with one attached hydrogen (secondary N) is 2. The standard InChI is InChI=1S/C24H29F6N5O/c1-4-7-34-8-10-35(11-9-34)21(20-6-5-15(2)31-16(20)3)22(36)33-32-19-13-17(23(25,26)27)12-18(14-19)24(28,29)30/h5-6,12-14,21,32H,4,7-11H2,1-3H3,(H,33,36). The Balaban J connectivity index is 1.86. The van der Waals surface area contributed by atoms with E-state index in [-0.39, 0.29) is 6.07 Å². The molecule has 2 heterocycles. The SMILES string of the molecule is CCCN1CCN(C(C(=O)NNc2cc(C(F)(F)F)cc(C(F)(F)F)c2)c2ccc(C)nc2C)CC1. The number of carbonyl (C=O) groups excluding carboxylic acids is 1. The number of benzene rings is 1. The largest absolute Gasteiger partial charge is 0.416 e. The van der Waals surface area contributed by atoms with E-state index in [4.69, 9.17) is 0 Å². The molecule has 1 aromatic carbocycles. The van der Waals surface area contributed by atoms with Crippen LogP contribution >= 0.6 is 0 Å². The van der Waals surface area contributed by atoms with Crippen LogP contribution in [0.2, 0.25) is 0 Å². The van der Waals surface area contributed by atoms with E-state index in [1.165, 1.54) is 0 Å². The molecule has 1 saturated heterocycles. The Morgan fingerprint density at radius 1 is 0.972 bits per heavy atom. The predicted molar refractivity (Wildman–Crippen MR) is 123 cm³/mol. The molecule has 1 atom stereocenters. The Labute approximate surface area is 205 Å². The highest BCUT2D eigenvalue weighted by atomic mass is 19.4. The van der Waals surface area contributed by atoms with Crippen LogP contribution in [0.5, 0.6) is 0 Å². The minimum Gasteiger partial charge on any atom is -0.301 e. The third-order valence-corrected chi connectivity index (χ3v) is 6.04. The molecule has 3 rings (SSSR count). The van der Waals surface area contributed by atoms with Gasteiger partial charge in [-0.1, -0.05) is 13.0 Å². The van der Waals surface area contributed by atoms with Crippen LogP contribution in [0.3, 0.4) is 0 Å². The smallest absolute Gasteiger partial charge is 0.301 e. The minimum atomic E-state index is -4.99. The summed E-state index contributed by atoms with van der Waals surface area (Å²) in [4.78, 5) is 22.0. The van der Waals surface area contributed by atoms with Gasteiger partial charge in [0.15, 0.2) is 0 Å². The van der Waals surface area contributed by atoms with Crippen molar-refractivity contribution in [3.63, 3.8) is 0 Å². The third-order valence-electron chi connectivity index (χ3n) is 6.04. The van der Waals surface area contributed by atoms with Gasteiger partial charge < -0.3 is 4.90 Å². The zero-order valence-electron chi connectivity index (χ0n) is 20.2. The zero-order chi connectivity index (χ0) is 26.7. The van der Waals surface area contributed by atoms with Gasteiger partial charge >= 0.3 is 12.4 Å². The Hall–Kier alpha value is -2.86. The molecule has 6 nitrogen and oxygen atoms in total. The van der Waals surface area contributed by atoms with Crippen LogP contribution in [-0.4, -0.2) is 53.4 Å². The van der Waals surface area contributed by atoms with E-state index in [1.807, 2.05) is 11.8 Å². The lowest BCUT2D eigenvalue weighted by molar-refractivity contribution is -0.143. The Bertz CT molecular complexity index is 1030. The summed E-state index contributed by atoms with van der Waals surface area (Å²) < 4.78 is 79.1. The van der Waals surface area contributed by atoms with E-state index < -0.39 is 41.1 Å². The number of aromatic nitrogens is 1. The average molecular weight is 518 g/mol. The summed E-state index contributed by atoms with van der Waals surface area (Å²) in [5.74, 6) is -0.612. The number of alkyl halides is 6. The Morgan fingerprint density at radius 2 is 1.56 bits per heavy atom. The lowest BCUT2D eigenvalue weighted by Crippen LogP contribution is -2.51. The number of piperazine rings is 1. The van der Waals surface area contributed by atoms with Gasteiger partial charge in [-0.05, 0) is 51.1 Å². The molecule has 0 aliphatic carbocycles. The maximum absolute atomic E-state index is 13.3. The highest BCUT2D eigenvalue weighted by Crippen LogP contribution is 2.37. The van der Waals surface area contributed by atoms with E-state index in [9.17, 15) is 31.1 Å². The van der Waals surface area contributed by atoms with Gasteiger partial charge in [0.05, 0.1) is 16.8 Å². The first kappa shape index (κ1) is 27.7. The maximum Gasteiger partial charge on any atom is 0.416 e. The molecule has 198 valence electrons. The molecular weight excluding hydrogens is 488 g/mol. The highest BCUT2D eigenvalue weighted by Gasteiger charge is 2.37. The summed E-state index contributed by atoms with van der Waals surface area (Å²) in [5.41, 5.74) is 3.09. The number of aryl methyl sites for hydroxylation is 2. The number of hydrazine groups is 1. The van der Waals surface area contributed by atoms with Crippen LogP contribution in [-0.2, 0) is 17.1 Å². The van der Waals surface area contributed by atoms with Crippen LogP contribution in [0.1, 0.15) is 47.5 Å². The second-order valence-corrected chi connectivity index (χ2v) is 8.82. The fourth-order valence-electron chi connectivity index (χ4n) is 4.28. The normalized spacial score (nSPS) is 16.6. The molecule has 0 radical (unpaired) electrons. The van der Waals surface area contributed by atoms with Crippen molar-refractivity contribution in [1.82, 2.24) is 20.2 Å². The lowest BCUT2D eigenvalue weighted by atomic mass is 10.0. The molecule has 2 N–H and O–H groups in total. The van der Waals surface area contributed by atoms with Crippen LogP contribution in [0, 0.1) is 13.8 Å². The average Bonchev–Trinajstić information content (AvgIpc) is 2.79. The van der Waals surface area contributed by atoms with Crippen LogP contribution in [0.15, 0.2) is 30.3 Å². The van der Waals surface area contributed by atoms with Crippen molar-refractivity contribution in [3.8, 4) is 0 Å². The van der Waals surface area contributed by atoms with Crippen LogP contribution in [0.4, 0.5) is 32.0 Å². The second kappa shape index (κ2) is 11.0. The van der Waals surface area contributed by atoms with Gasteiger partial charge in [0.1, 0.15) is 6.04 Å². The topological polar surface area (TPSA) is 60.5 Å². The molecule has 1 aliphatic rings. The first-order valence-corrected chi connectivity index (χ1v) is 11.6. The number of nitrogens with zero attached hydrogens (tertiary/aromatic N) is 3. The van der Waals surface area contributed by atoms with E-state index in [1.54, 1.807) is 19.1 Å². The first-order valence-electron chi connectivity index (χ1n) is 11.6. The monoisotopic (exact) mass is 517 g/mol. The van der Waals surface area contributed by atoms with Crippen molar-refractivity contribution in [3.05, 3.63) is 58.4 Å². The number of pyridine rings is 1. The lowest BCUT2D eigenvalue weighted by Gasteiger charge is -2.39. The number of halogens is 6. The number of amides is 1. The zero-order valence-corrected chi connectivity index (χ0v) is 20.2. The van der Waals surface area contributed by atoms with Crippen molar-refractivity contribution >= 4 is 11.6 Å². The van der Waals surface area contributed by atoms with Gasteiger partial charge in [-0.25, -0.2) is 0 Å². The molecule has 0 saturated carbocycles. The summed E-state index contributed by atoms with van der Waals surface area (Å²) in [6.45, 7) is 9.15. The fourth-order valence-corrected chi connectivity index (χ4v) is 4.28. The third kappa shape index (κ3) is 6.88. The summed E-state index contributed by atoms with van der Waals surface area (Å²) >= 11 is 0. The van der Waals surface area contributed by atoms with E-state index in [2.05, 4.69) is 27.7 Å². The molecule has 0 bridgehead atoms. The molecule has 12 heteroatoms. The number of hydrogen-bond acceptors (Lipinski definition) is 5. The molecule has 1 aromatic heterocycles. The molecule has 2 aromatic rings. The van der Waals surface area contributed by atoms with Gasteiger partial charge in [-0.15, -0.1) is 0 Å². The van der Waals surface area contributed by atoms with E-state index >= 15 is 0 Å². The Morgan fingerprint density at radius 3 is 2.06 bits per heavy atom. The van der Waals surface area contributed by atoms with Gasteiger partial charge in [0.25, 0.3) is 5.91 Å². The molecular formula is C24H29F6N5O. The summed E-state index contributed by atoms with van der Waals surface area (Å²) in [5, 5.41) is 0. The number of anilines is 1. The number of carbonyl (C=O) groups is 1. The van der Waals surface area contributed by atoms with Crippen molar-refractivity contribution in [2.24, 2.45) is 0 Å². The quantitative estimate of drug-likeness (QED) is 0.402. The summed E-state index contributed by atoms with van der Waals surface area (Å²) in [6, 6.07) is 3.77. The maximum atomic E-state index is 13.3. The van der Waals surface area contributed by atoms with Crippen molar-refractivity contribution < 1.29 is 31.1 Å². The van der Waals surface area contributed by atoms with Gasteiger partial charge in [-0.2, -0.15) is 26.3 Å². The number of rotatable bonds is 7. The molecule has 1 unspecified atom stereocenters. The predicted octanol–water partition coefficient (Wildman–Crippen LogP) is 4.95. The van der Waals surface area contributed by atoms with Crippen LogP contribution in [0.25, 0.3) is 0 Å². The second-order valence-electron chi connectivity index (χ2n) is 8.82. The van der Waals surface area contributed by atoms with Crippen LogP contribution < -0.4 is 10.9 Å². The van der Waals surface area contributed by atoms with Gasteiger partial charge in [0.2, 0.25) is 0 Å². The summed E-state index contributed by atoms with van der Waals surface area (Å²) in [7, 11) is 0. The molecule has 36 heavy (non-hydrogen) atoms. The fraction of sp³-hybridized carbons (Fsp3) is 0.500. The summed E-state index contributed by atoms with van der Waals surface area (Å²) in [6.07, 6.45) is -8.99. The van der Waals surface area contributed by atoms with Crippen molar-refractivity contribution in [2.75, 3.05) is 38.1 Å². The molecule has 0 spiro atoms. The first-order chi connectivity index (χ1) is 16.8. The van der Waals surface area contributed by atoms with Gasteiger partial charge in [0, 0.05) is 43.1 Å². The molecule has 1 aliphatic heterocycles. The molecule has 1 amide bonds. The number of hydrogen-bond donors (Lipinski definition) is 2. The van der Waals surface area contributed by atoms with E-state index in [0.29, 0.717) is 36.5 Å². The molecule has 1 fully saturated rings. The van der Waals surface area contributed by atoms with Crippen molar-refractivity contribution in [1.29, 1.82) is 0 Å². The Kier molecular flexibility index (Phi) is 8.50.